The second-order valence-corrected chi connectivity index (χ2v) is 12.7. The zero-order chi connectivity index (χ0) is 35.4. The lowest BCUT2D eigenvalue weighted by Gasteiger charge is -2.38. The average Bonchev–Trinajstić information content (AvgIpc) is 3.45. The lowest BCUT2D eigenvalue weighted by atomic mass is 9.99. The Bertz CT molecular complexity index is 2240. The van der Waals surface area contributed by atoms with Gasteiger partial charge in [-0.1, -0.05) is 12.1 Å². The first-order valence-electron chi connectivity index (χ1n) is 14.9. The quantitative estimate of drug-likeness (QED) is 0.243. The summed E-state index contributed by atoms with van der Waals surface area (Å²) in [4.78, 5) is 62.1. The van der Waals surface area contributed by atoms with Crippen LogP contribution in [0, 0.1) is 19.7 Å². The topological polar surface area (TPSA) is 149 Å². The number of nitrogens with zero attached hydrogens (tertiary/aromatic N) is 5. The summed E-state index contributed by atoms with van der Waals surface area (Å²) in [6, 6.07) is 4.64. The largest absolute Gasteiger partial charge is 0.480 e. The molecule has 256 valence electrons. The van der Waals surface area contributed by atoms with Crippen molar-refractivity contribution in [1.82, 2.24) is 24.4 Å². The molecule has 1 amide bonds. The molecule has 2 atom stereocenters. The van der Waals surface area contributed by atoms with Crippen LogP contribution in [-0.4, -0.2) is 74.1 Å². The van der Waals surface area contributed by atoms with Crippen LogP contribution in [0.3, 0.4) is 0 Å². The van der Waals surface area contributed by atoms with E-state index in [1.807, 2.05) is 0 Å². The number of amides is 1. The standard InChI is InChI=1S/C32H28F4N6O6S/c1-15-11-18(41-9-10-48-14-23(41)32(34,35)36)13-20(33)24(15)28(43)39-21(30(45)46)12-17-6-7-22(25-19(17)5-4-8-37-25)42-29(44)26-27(38-16(2)49-26)40(3)31(42)47/h4-8,11,13,21,23H,9-10,12,14H2,1-3H3,(H,39,43)(H,45,46)/t21-,23+/m0/s1. The minimum atomic E-state index is -4.65. The van der Waals surface area contributed by atoms with Crippen molar-refractivity contribution >= 4 is 50.2 Å². The van der Waals surface area contributed by atoms with Gasteiger partial charge in [0, 0.05) is 37.3 Å². The predicted molar refractivity (Wildman–Crippen MR) is 172 cm³/mol. The molecule has 49 heavy (non-hydrogen) atoms. The number of benzene rings is 2. The van der Waals surface area contributed by atoms with Crippen molar-refractivity contribution in [2.75, 3.05) is 24.7 Å². The zero-order valence-corrected chi connectivity index (χ0v) is 27.0. The summed E-state index contributed by atoms with van der Waals surface area (Å²) in [5.74, 6) is -3.64. The van der Waals surface area contributed by atoms with Crippen LogP contribution in [0.4, 0.5) is 23.2 Å². The van der Waals surface area contributed by atoms with Crippen LogP contribution in [0.5, 0.6) is 0 Å². The summed E-state index contributed by atoms with van der Waals surface area (Å²) in [5, 5.41) is 13.4. The fourth-order valence-electron chi connectivity index (χ4n) is 6.01. The van der Waals surface area contributed by atoms with Crippen molar-refractivity contribution < 1.29 is 37.0 Å². The Hall–Kier alpha value is -5.16. The molecule has 4 heterocycles. The van der Waals surface area contributed by atoms with Crippen molar-refractivity contribution in [1.29, 1.82) is 0 Å². The number of pyridine rings is 1. The second-order valence-electron chi connectivity index (χ2n) is 11.5. The van der Waals surface area contributed by atoms with E-state index in [1.165, 1.54) is 42.9 Å². The number of carbonyl (C=O) groups excluding carboxylic acids is 1. The average molecular weight is 701 g/mol. The molecule has 0 aliphatic carbocycles. The van der Waals surface area contributed by atoms with Gasteiger partial charge in [-0.15, -0.1) is 11.3 Å². The van der Waals surface area contributed by atoms with Gasteiger partial charge in [-0.3, -0.25) is 19.1 Å². The second kappa shape index (κ2) is 12.7. The van der Waals surface area contributed by atoms with Crippen molar-refractivity contribution in [2.45, 2.75) is 38.5 Å². The van der Waals surface area contributed by atoms with Gasteiger partial charge in [-0.05, 0) is 49.2 Å². The smallest absolute Gasteiger partial charge is 0.411 e. The zero-order valence-electron chi connectivity index (χ0n) is 26.2. The number of aromatic nitrogens is 4. The number of hydrogen-bond donors (Lipinski definition) is 2. The number of halogens is 4. The molecule has 12 nitrogen and oxygen atoms in total. The first kappa shape index (κ1) is 33.7. The Balaban J connectivity index is 1.32. The fourth-order valence-corrected chi connectivity index (χ4v) is 6.89. The number of hydrogen-bond acceptors (Lipinski definition) is 9. The normalized spacial score (nSPS) is 15.9. The predicted octanol–water partition coefficient (Wildman–Crippen LogP) is 3.64. The molecular formula is C32H28F4N6O6S. The summed E-state index contributed by atoms with van der Waals surface area (Å²) >= 11 is 1.14. The van der Waals surface area contributed by atoms with E-state index in [0.717, 1.165) is 26.9 Å². The number of fused-ring (bicyclic) bond motifs is 2. The molecule has 0 radical (unpaired) electrons. The van der Waals surface area contributed by atoms with Gasteiger partial charge in [0.15, 0.2) is 5.65 Å². The summed E-state index contributed by atoms with van der Waals surface area (Å²) in [6.45, 7) is 2.27. The minimum absolute atomic E-state index is 0.00295. The molecule has 0 bridgehead atoms. The highest BCUT2D eigenvalue weighted by Crippen LogP contribution is 2.33. The van der Waals surface area contributed by atoms with Crippen LogP contribution in [0.1, 0.15) is 26.5 Å². The summed E-state index contributed by atoms with van der Waals surface area (Å²) in [6.07, 6.45) is -3.50. The SMILES string of the molecule is Cc1nc2c(s1)c(=O)n(-c1ccc(C[C@H](NC(=O)c3c(C)cc(N4CCOC[C@@H]4C(F)(F)F)cc3F)C(=O)O)c3cccnc13)c(=O)n2C. The number of aryl methyl sites for hydroxylation is 3. The number of carboxylic acids is 1. The Morgan fingerprint density at radius 1 is 1.18 bits per heavy atom. The van der Waals surface area contributed by atoms with E-state index in [9.17, 15) is 37.5 Å². The lowest BCUT2D eigenvalue weighted by molar-refractivity contribution is -0.167. The number of aliphatic carboxylic acids is 1. The van der Waals surface area contributed by atoms with Crippen molar-refractivity contribution in [3.05, 3.63) is 90.9 Å². The summed E-state index contributed by atoms with van der Waals surface area (Å²) in [5.41, 5.74) is -0.861. The molecule has 1 fully saturated rings. The van der Waals surface area contributed by atoms with E-state index in [4.69, 9.17) is 4.74 Å². The third-order valence-electron chi connectivity index (χ3n) is 8.35. The third-order valence-corrected chi connectivity index (χ3v) is 9.30. The number of anilines is 1. The molecule has 2 aromatic carbocycles. The first-order valence-corrected chi connectivity index (χ1v) is 15.7. The maximum Gasteiger partial charge on any atom is 0.411 e. The van der Waals surface area contributed by atoms with Crippen LogP contribution in [-0.2, 0) is 23.0 Å². The molecule has 0 unspecified atom stereocenters. The molecule has 3 aromatic heterocycles. The molecule has 1 aliphatic heterocycles. The highest BCUT2D eigenvalue weighted by atomic mass is 32.1. The number of morpholine rings is 1. The van der Waals surface area contributed by atoms with Crippen LogP contribution >= 0.6 is 11.3 Å². The lowest BCUT2D eigenvalue weighted by Crippen LogP contribution is -2.53. The van der Waals surface area contributed by atoms with Crippen molar-refractivity contribution in [3.63, 3.8) is 0 Å². The maximum atomic E-state index is 15.4. The number of carbonyl (C=O) groups is 2. The van der Waals surface area contributed by atoms with E-state index in [-0.39, 0.29) is 52.4 Å². The van der Waals surface area contributed by atoms with E-state index in [0.29, 0.717) is 16.0 Å². The number of alkyl halides is 3. The van der Waals surface area contributed by atoms with Gasteiger partial charge in [-0.2, -0.15) is 13.2 Å². The van der Waals surface area contributed by atoms with Gasteiger partial charge in [0.05, 0.1) is 35.0 Å². The summed E-state index contributed by atoms with van der Waals surface area (Å²) in [7, 11) is 1.49. The molecule has 0 spiro atoms. The Morgan fingerprint density at radius 3 is 2.63 bits per heavy atom. The highest BCUT2D eigenvalue weighted by Gasteiger charge is 2.45. The van der Waals surface area contributed by atoms with E-state index in [2.05, 4.69) is 15.3 Å². The number of thiazole rings is 1. The number of nitrogens with one attached hydrogen (secondary N) is 1. The van der Waals surface area contributed by atoms with Crippen LogP contribution in [0.2, 0.25) is 0 Å². The van der Waals surface area contributed by atoms with Crippen LogP contribution in [0.15, 0.2) is 52.2 Å². The van der Waals surface area contributed by atoms with Gasteiger partial charge >= 0.3 is 17.8 Å². The van der Waals surface area contributed by atoms with E-state index in [1.54, 1.807) is 19.1 Å². The van der Waals surface area contributed by atoms with Crippen molar-refractivity contribution in [3.8, 4) is 5.69 Å². The molecule has 17 heteroatoms. The Labute approximate surface area is 278 Å². The molecular weight excluding hydrogens is 672 g/mol. The van der Waals surface area contributed by atoms with Gasteiger partial charge in [-0.25, -0.2) is 23.5 Å². The van der Waals surface area contributed by atoms with E-state index >= 15 is 4.39 Å². The third kappa shape index (κ3) is 6.14. The van der Waals surface area contributed by atoms with Crippen LogP contribution in [0.25, 0.3) is 26.9 Å². The first-order chi connectivity index (χ1) is 23.2. The monoisotopic (exact) mass is 700 g/mol. The number of rotatable bonds is 7. The van der Waals surface area contributed by atoms with Gasteiger partial charge in [0.25, 0.3) is 11.5 Å². The Kier molecular flexibility index (Phi) is 8.74. The van der Waals surface area contributed by atoms with Gasteiger partial charge < -0.3 is 20.1 Å². The van der Waals surface area contributed by atoms with Crippen LogP contribution < -0.4 is 21.5 Å². The molecule has 6 rings (SSSR count). The maximum absolute atomic E-state index is 15.4. The molecule has 5 aromatic rings. The van der Waals surface area contributed by atoms with Gasteiger partial charge in [0.1, 0.15) is 22.6 Å². The fraction of sp³-hybridized carbons (Fsp3) is 0.312. The van der Waals surface area contributed by atoms with Crippen molar-refractivity contribution in [2.24, 2.45) is 7.05 Å². The molecule has 2 N–H and O–H groups in total. The number of ether oxygens (including phenoxy) is 1. The number of carboxylic acid groups (broad SMARTS) is 1. The van der Waals surface area contributed by atoms with E-state index < -0.39 is 59.4 Å². The summed E-state index contributed by atoms with van der Waals surface area (Å²) < 4.78 is 63.8. The minimum Gasteiger partial charge on any atom is -0.480 e. The molecule has 1 saturated heterocycles. The highest BCUT2D eigenvalue weighted by molar-refractivity contribution is 7.18. The van der Waals surface area contributed by atoms with Gasteiger partial charge in [0.2, 0.25) is 0 Å². The molecule has 0 saturated carbocycles. The Morgan fingerprint density at radius 2 is 1.94 bits per heavy atom. The molecule has 1 aliphatic rings.